The molecule has 0 spiro atoms. The van der Waals surface area contributed by atoms with Crippen molar-refractivity contribution in [3.63, 3.8) is 0 Å². The zero-order valence-electron chi connectivity index (χ0n) is 27.3. The van der Waals surface area contributed by atoms with E-state index in [1.807, 2.05) is 6.08 Å². The molecule has 0 heterocycles. The number of nitrogens with zero attached hydrogens (tertiary/aromatic N) is 1. The fourth-order valence-corrected chi connectivity index (χ4v) is 6.70. The van der Waals surface area contributed by atoms with Crippen molar-refractivity contribution in [2.75, 3.05) is 4.90 Å². The summed E-state index contributed by atoms with van der Waals surface area (Å²) in [6.45, 7) is 10.5. The smallest absolute Gasteiger partial charge is 0.0560 e. The summed E-state index contributed by atoms with van der Waals surface area (Å²) in [5.41, 5.74) is 12.7. The molecule has 0 saturated carbocycles. The minimum atomic E-state index is 0.177. The number of benzene rings is 4. The average molecular weight is 598 g/mol. The van der Waals surface area contributed by atoms with Crippen LogP contribution in [0.1, 0.15) is 60.1 Å². The van der Waals surface area contributed by atoms with Crippen LogP contribution < -0.4 is 4.90 Å². The second-order valence-electron chi connectivity index (χ2n) is 12.0. The normalized spacial score (nSPS) is 17.2. The van der Waals surface area contributed by atoms with E-state index in [1.54, 1.807) is 0 Å². The molecule has 6 rings (SSSR count). The molecule has 0 saturated heterocycles. The Morgan fingerprint density at radius 1 is 0.891 bits per heavy atom. The molecule has 1 heteroatoms. The maximum atomic E-state index is 4.15. The maximum absolute atomic E-state index is 4.15. The van der Waals surface area contributed by atoms with Crippen LogP contribution in [0.5, 0.6) is 0 Å². The maximum Gasteiger partial charge on any atom is 0.0560 e. The quantitative estimate of drug-likeness (QED) is 0.185. The number of fused-ring (bicyclic) bond motifs is 1. The number of aryl methyl sites for hydroxylation is 1. The number of allylic oxidation sites excluding steroid dienone is 10. The lowest BCUT2D eigenvalue weighted by Crippen LogP contribution is -2.34. The first-order valence-electron chi connectivity index (χ1n) is 16.4. The highest BCUT2D eigenvalue weighted by atomic mass is 15.2. The SMILES string of the molecule is C=Cc1cc(C2=CCC(N(C(/C=C\C)=C3\C=CC=CC3)c3ccc(Cc4ccccc4C)cc3)C=C2)c2ccccc2c1/C=C\C. The van der Waals surface area contributed by atoms with Gasteiger partial charge in [-0.2, -0.15) is 0 Å². The molecule has 0 N–H and O–H groups in total. The Kier molecular flexibility index (Phi) is 9.60. The van der Waals surface area contributed by atoms with Crippen LogP contribution in [0.15, 0.2) is 157 Å². The lowest BCUT2D eigenvalue weighted by molar-refractivity contribution is 0.758. The third-order valence-electron chi connectivity index (χ3n) is 9.06. The van der Waals surface area contributed by atoms with Crippen LogP contribution >= 0.6 is 0 Å². The summed E-state index contributed by atoms with van der Waals surface area (Å²) in [5, 5.41) is 2.53. The highest BCUT2D eigenvalue weighted by Crippen LogP contribution is 2.37. The Bertz CT molecular complexity index is 1950. The second kappa shape index (κ2) is 14.3. The van der Waals surface area contributed by atoms with Gasteiger partial charge >= 0.3 is 0 Å². The Hall–Kier alpha value is -5.14. The van der Waals surface area contributed by atoms with E-state index in [0.717, 1.165) is 24.8 Å². The molecule has 1 nitrogen and oxygen atoms in total. The minimum Gasteiger partial charge on any atom is -0.334 e. The standard InChI is InChI=1S/C45H43N/c1-5-15-41-35(7-3)32-44(43-22-14-13-21-42(41)43)36-25-29-40(30-26-36)46(45(16-6-2)37-18-9-8-10-19-37)39-27-23-34(24-28-39)31-38-20-12-11-17-33(38)4/h5-18,20-29,32,40H,3,19,30-31H2,1-2,4H3/b15-5-,16-6-,45-37+. The van der Waals surface area contributed by atoms with Gasteiger partial charge in [-0.25, -0.2) is 0 Å². The van der Waals surface area contributed by atoms with Gasteiger partial charge in [0.1, 0.15) is 0 Å². The molecule has 46 heavy (non-hydrogen) atoms. The highest BCUT2D eigenvalue weighted by molar-refractivity contribution is 6.02. The van der Waals surface area contributed by atoms with Gasteiger partial charge in [-0.15, -0.1) is 0 Å². The lowest BCUT2D eigenvalue weighted by atomic mass is 9.88. The molecule has 228 valence electrons. The van der Waals surface area contributed by atoms with Crippen molar-refractivity contribution in [1.29, 1.82) is 0 Å². The van der Waals surface area contributed by atoms with Crippen LogP contribution in [0.25, 0.3) is 28.5 Å². The molecular weight excluding hydrogens is 555 g/mol. The molecule has 0 aliphatic heterocycles. The molecule has 0 radical (unpaired) electrons. The number of rotatable bonds is 9. The molecule has 2 aliphatic rings. The van der Waals surface area contributed by atoms with Gasteiger partial charge in [0.15, 0.2) is 0 Å². The first-order valence-corrected chi connectivity index (χ1v) is 16.4. The van der Waals surface area contributed by atoms with Crippen molar-refractivity contribution in [2.45, 2.75) is 46.1 Å². The first-order chi connectivity index (χ1) is 22.6. The van der Waals surface area contributed by atoms with E-state index >= 15 is 0 Å². The second-order valence-corrected chi connectivity index (χ2v) is 12.0. The summed E-state index contributed by atoms with van der Waals surface area (Å²) >= 11 is 0. The number of hydrogen-bond acceptors (Lipinski definition) is 1. The predicted octanol–water partition coefficient (Wildman–Crippen LogP) is 12.0. The van der Waals surface area contributed by atoms with Crippen LogP contribution in [0.3, 0.4) is 0 Å². The van der Waals surface area contributed by atoms with E-state index in [1.165, 1.54) is 61.1 Å². The predicted molar refractivity (Wildman–Crippen MR) is 202 cm³/mol. The van der Waals surface area contributed by atoms with Crippen LogP contribution in [0.2, 0.25) is 0 Å². The number of hydrogen-bond donors (Lipinski definition) is 0. The van der Waals surface area contributed by atoms with Crippen molar-refractivity contribution >= 4 is 34.2 Å². The summed E-state index contributed by atoms with van der Waals surface area (Å²) in [4.78, 5) is 2.53. The zero-order valence-corrected chi connectivity index (χ0v) is 27.3. The molecule has 2 aliphatic carbocycles. The van der Waals surface area contributed by atoms with Crippen molar-refractivity contribution < 1.29 is 0 Å². The third kappa shape index (κ3) is 6.46. The molecule has 4 aromatic carbocycles. The van der Waals surface area contributed by atoms with E-state index in [9.17, 15) is 0 Å². The highest BCUT2D eigenvalue weighted by Gasteiger charge is 2.24. The van der Waals surface area contributed by atoms with E-state index in [4.69, 9.17) is 0 Å². The van der Waals surface area contributed by atoms with E-state index in [0.29, 0.717) is 0 Å². The zero-order chi connectivity index (χ0) is 31.9. The van der Waals surface area contributed by atoms with Gasteiger partial charge in [0.05, 0.1) is 6.04 Å². The summed E-state index contributed by atoms with van der Waals surface area (Å²) < 4.78 is 0. The third-order valence-corrected chi connectivity index (χ3v) is 9.06. The molecule has 0 fully saturated rings. The summed E-state index contributed by atoms with van der Waals surface area (Å²) in [5.74, 6) is 0. The Balaban J connectivity index is 1.38. The summed E-state index contributed by atoms with van der Waals surface area (Å²) in [7, 11) is 0. The topological polar surface area (TPSA) is 3.24 Å². The van der Waals surface area contributed by atoms with Gasteiger partial charge in [-0.05, 0) is 120 Å². The van der Waals surface area contributed by atoms with Gasteiger partial charge < -0.3 is 4.90 Å². The Morgan fingerprint density at radius 2 is 1.67 bits per heavy atom. The summed E-state index contributed by atoms with van der Waals surface area (Å²) in [6.07, 6.45) is 29.4. The van der Waals surface area contributed by atoms with Crippen LogP contribution in [-0.2, 0) is 6.42 Å². The van der Waals surface area contributed by atoms with Gasteiger partial charge in [0.2, 0.25) is 0 Å². The number of anilines is 1. The largest absolute Gasteiger partial charge is 0.334 e. The molecule has 1 atom stereocenters. The van der Waals surface area contributed by atoms with E-state index < -0.39 is 0 Å². The van der Waals surface area contributed by atoms with E-state index in [2.05, 4.69) is 178 Å². The Labute approximate surface area is 275 Å². The van der Waals surface area contributed by atoms with Crippen LogP contribution in [0, 0.1) is 6.92 Å². The minimum absolute atomic E-state index is 0.177. The van der Waals surface area contributed by atoms with E-state index in [-0.39, 0.29) is 6.04 Å². The van der Waals surface area contributed by atoms with Gasteiger partial charge in [0.25, 0.3) is 0 Å². The fourth-order valence-electron chi connectivity index (χ4n) is 6.70. The van der Waals surface area contributed by atoms with Crippen molar-refractivity contribution in [3.8, 4) is 0 Å². The fraction of sp³-hybridized carbons (Fsp3) is 0.156. The first kappa shape index (κ1) is 30.9. The van der Waals surface area contributed by atoms with Gasteiger partial charge in [-0.3, -0.25) is 0 Å². The van der Waals surface area contributed by atoms with Crippen molar-refractivity contribution in [2.24, 2.45) is 0 Å². The molecule has 0 bridgehead atoms. The molecule has 0 amide bonds. The average Bonchev–Trinajstić information content (AvgIpc) is 3.10. The molecular formula is C45H43N. The van der Waals surface area contributed by atoms with Gasteiger partial charge in [0, 0.05) is 11.4 Å². The Morgan fingerprint density at radius 3 is 2.35 bits per heavy atom. The van der Waals surface area contributed by atoms with Crippen molar-refractivity contribution in [1.82, 2.24) is 0 Å². The van der Waals surface area contributed by atoms with Crippen molar-refractivity contribution in [3.05, 3.63) is 191 Å². The van der Waals surface area contributed by atoms with Gasteiger partial charge in [-0.1, -0.05) is 134 Å². The molecule has 0 aromatic heterocycles. The monoisotopic (exact) mass is 597 g/mol. The van der Waals surface area contributed by atoms with Crippen LogP contribution in [0.4, 0.5) is 5.69 Å². The molecule has 4 aromatic rings. The van der Waals surface area contributed by atoms with Crippen LogP contribution in [-0.4, -0.2) is 6.04 Å². The lowest BCUT2D eigenvalue weighted by Gasteiger charge is -2.35. The molecule has 1 unspecified atom stereocenters. The summed E-state index contributed by atoms with van der Waals surface area (Å²) in [6, 6.07) is 29.1.